The van der Waals surface area contributed by atoms with E-state index in [0.29, 0.717) is 42.3 Å². The van der Waals surface area contributed by atoms with Gasteiger partial charge in [-0.05, 0) is 71.7 Å². The molecule has 0 saturated carbocycles. The molecule has 2 amide bonds. The fourth-order valence-electron chi connectivity index (χ4n) is 3.22. The van der Waals surface area contributed by atoms with Gasteiger partial charge in [0.2, 0.25) is 11.9 Å². The van der Waals surface area contributed by atoms with E-state index in [9.17, 15) is 9.59 Å². The number of nitrogens with zero attached hydrogens (tertiary/aromatic N) is 4. The molecular formula is C29H39N7O3. The lowest BCUT2D eigenvalue weighted by molar-refractivity contribution is -0.122. The Morgan fingerprint density at radius 2 is 1.87 bits per heavy atom. The fraction of sp³-hybridized carbons (Fsp3) is 0.483. The average Bonchev–Trinajstić information content (AvgIpc) is 2.88. The van der Waals surface area contributed by atoms with Gasteiger partial charge in [0.15, 0.2) is 0 Å². The summed E-state index contributed by atoms with van der Waals surface area (Å²) >= 11 is 0. The molecule has 1 heterocycles. The van der Waals surface area contributed by atoms with E-state index in [1.54, 1.807) is 51.2 Å². The number of carbonyl (C=O) groups excluding carboxylic acids is 2. The number of carbonyl (C=O) groups is 2. The summed E-state index contributed by atoms with van der Waals surface area (Å²) in [7, 11) is 0. The Morgan fingerprint density at radius 3 is 2.49 bits per heavy atom. The zero-order chi connectivity index (χ0) is 28.8. The lowest BCUT2D eigenvalue weighted by Gasteiger charge is -2.29. The monoisotopic (exact) mass is 533 g/mol. The zero-order valence-electron chi connectivity index (χ0n) is 23.7. The molecule has 0 saturated heterocycles. The lowest BCUT2D eigenvalue weighted by atomic mass is 10.2. The van der Waals surface area contributed by atoms with E-state index >= 15 is 0 Å². The molecule has 1 aromatic heterocycles. The van der Waals surface area contributed by atoms with Gasteiger partial charge in [-0.3, -0.25) is 9.69 Å². The molecule has 0 unspecified atom stereocenters. The highest BCUT2D eigenvalue weighted by molar-refractivity contribution is 5.82. The summed E-state index contributed by atoms with van der Waals surface area (Å²) in [5, 5.41) is 18.2. The molecule has 208 valence electrons. The normalized spacial score (nSPS) is 10.6. The van der Waals surface area contributed by atoms with Gasteiger partial charge in [-0.15, -0.1) is 0 Å². The number of anilines is 3. The van der Waals surface area contributed by atoms with Crippen molar-refractivity contribution in [2.24, 2.45) is 0 Å². The first kappa shape index (κ1) is 30.9. The molecule has 1 aromatic carbocycles. The van der Waals surface area contributed by atoms with Crippen LogP contribution in [-0.4, -0.2) is 58.1 Å². The van der Waals surface area contributed by atoms with E-state index in [2.05, 4.69) is 50.8 Å². The van der Waals surface area contributed by atoms with Crippen LogP contribution in [0, 0.1) is 23.2 Å². The van der Waals surface area contributed by atoms with Crippen molar-refractivity contribution in [1.82, 2.24) is 20.2 Å². The molecule has 0 aliphatic carbocycles. The summed E-state index contributed by atoms with van der Waals surface area (Å²) in [6, 6.07) is 8.97. The van der Waals surface area contributed by atoms with Gasteiger partial charge in [-0.25, -0.2) is 9.78 Å². The van der Waals surface area contributed by atoms with Gasteiger partial charge in [-0.1, -0.05) is 18.8 Å². The number of rotatable bonds is 11. The smallest absolute Gasteiger partial charge is 0.410 e. The second-order valence-electron chi connectivity index (χ2n) is 10.2. The maximum atomic E-state index is 12.4. The Morgan fingerprint density at radius 1 is 1.15 bits per heavy atom. The van der Waals surface area contributed by atoms with E-state index in [0.717, 1.165) is 18.7 Å². The van der Waals surface area contributed by atoms with Crippen molar-refractivity contribution in [2.75, 3.05) is 30.3 Å². The largest absolute Gasteiger partial charge is 0.444 e. The summed E-state index contributed by atoms with van der Waals surface area (Å²) in [5.74, 6) is 7.06. The Hall–Kier alpha value is -4.31. The predicted octanol–water partition coefficient (Wildman–Crippen LogP) is 4.81. The van der Waals surface area contributed by atoms with Crippen molar-refractivity contribution in [3.8, 4) is 17.9 Å². The van der Waals surface area contributed by atoms with Crippen LogP contribution in [0.15, 0.2) is 30.5 Å². The van der Waals surface area contributed by atoms with Crippen LogP contribution in [0.4, 0.5) is 22.2 Å². The maximum Gasteiger partial charge on any atom is 0.410 e. The number of nitrogens with one attached hydrogen (secondary N) is 3. The van der Waals surface area contributed by atoms with Gasteiger partial charge in [-0.2, -0.15) is 10.2 Å². The fourth-order valence-corrected chi connectivity index (χ4v) is 3.22. The molecule has 39 heavy (non-hydrogen) atoms. The highest BCUT2D eigenvalue weighted by Gasteiger charge is 2.25. The van der Waals surface area contributed by atoms with Crippen LogP contribution in [0.3, 0.4) is 0 Å². The minimum Gasteiger partial charge on any atom is -0.444 e. The minimum absolute atomic E-state index is 0.0646. The van der Waals surface area contributed by atoms with Gasteiger partial charge < -0.3 is 20.7 Å². The summed E-state index contributed by atoms with van der Waals surface area (Å²) in [6.07, 6.45) is 3.31. The van der Waals surface area contributed by atoms with E-state index < -0.39 is 11.7 Å². The molecule has 0 aliphatic rings. The van der Waals surface area contributed by atoms with Crippen molar-refractivity contribution in [2.45, 2.75) is 72.4 Å². The predicted molar refractivity (Wildman–Crippen MR) is 152 cm³/mol. The van der Waals surface area contributed by atoms with Crippen LogP contribution >= 0.6 is 0 Å². The molecule has 0 bridgehead atoms. The van der Waals surface area contributed by atoms with E-state index in [4.69, 9.17) is 10.00 Å². The summed E-state index contributed by atoms with van der Waals surface area (Å²) in [4.78, 5) is 35.1. The Balaban J connectivity index is 1.90. The first-order valence-electron chi connectivity index (χ1n) is 13.2. The van der Waals surface area contributed by atoms with Crippen LogP contribution in [0.5, 0.6) is 0 Å². The molecule has 0 fully saturated rings. The molecule has 3 N–H and O–H groups in total. The number of hydrogen-bond acceptors (Lipinski definition) is 8. The molecule has 10 nitrogen and oxygen atoms in total. The van der Waals surface area contributed by atoms with Crippen LogP contribution in [0.1, 0.15) is 71.9 Å². The Bertz CT molecular complexity index is 1200. The minimum atomic E-state index is -0.627. The molecular weight excluding hydrogens is 494 g/mol. The SMILES string of the molecule is CCCNc1nc(Nc2ccc(C#N)cc2)ncc1C#CCCCNC(=O)CN(C(=O)OC(C)(C)C)C(C)C. The maximum absolute atomic E-state index is 12.4. The molecule has 0 atom stereocenters. The first-order chi connectivity index (χ1) is 18.5. The summed E-state index contributed by atoms with van der Waals surface area (Å²) in [5.41, 5.74) is 1.41. The quantitative estimate of drug-likeness (QED) is 0.277. The topological polar surface area (TPSA) is 132 Å². The van der Waals surface area contributed by atoms with Crippen LogP contribution < -0.4 is 16.0 Å². The third-order valence-electron chi connectivity index (χ3n) is 5.19. The number of amides is 2. The Labute approximate surface area is 231 Å². The number of aromatic nitrogens is 2. The lowest BCUT2D eigenvalue weighted by Crippen LogP contribution is -2.46. The highest BCUT2D eigenvalue weighted by Crippen LogP contribution is 2.18. The van der Waals surface area contributed by atoms with Crippen molar-refractivity contribution < 1.29 is 14.3 Å². The van der Waals surface area contributed by atoms with Gasteiger partial charge in [0.25, 0.3) is 0 Å². The molecule has 0 spiro atoms. The number of unbranched alkanes of at least 4 members (excludes halogenated alkanes) is 1. The highest BCUT2D eigenvalue weighted by atomic mass is 16.6. The molecule has 0 radical (unpaired) electrons. The number of hydrogen-bond donors (Lipinski definition) is 3. The van der Waals surface area contributed by atoms with Crippen LogP contribution in [0.2, 0.25) is 0 Å². The van der Waals surface area contributed by atoms with Gasteiger partial charge in [0.05, 0.1) is 23.4 Å². The van der Waals surface area contributed by atoms with E-state index in [1.807, 2.05) is 13.8 Å². The third kappa shape index (κ3) is 11.3. The van der Waals surface area contributed by atoms with Crippen LogP contribution in [-0.2, 0) is 9.53 Å². The number of benzene rings is 1. The second-order valence-corrected chi connectivity index (χ2v) is 10.2. The van der Waals surface area contributed by atoms with Crippen LogP contribution in [0.25, 0.3) is 0 Å². The third-order valence-corrected chi connectivity index (χ3v) is 5.19. The van der Waals surface area contributed by atoms with Gasteiger partial charge >= 0.3 is 6.09 Å². The first-order valence-corrected chi connectivity index (χ1v) is 13.2. The van der Waals surface area contributed by atoms with Crippen molar-refractivity contribution in [3.63, 3.8) is 0 Å². The summed E-state index contributed by atoms with van der Waals surface area (Å²) < 4.78 is 5.40. The standard InChI is InChI=1S/C29H39N7O3/c1-7-16-32-26-23(19-33-27(35-26)34-24-14-12-22(18-30)13-15-24)11-9-8-10-17-31-25(37)20-36(21(2)3)28(38)39-29(4,5)6/h12-15,19,21H,7-8,10,16-17,20H2,1-6H3,(H,31,37)(H2,32,33,34,35). The molecule has 0 aliphatic heterocycles. The Kier molecular flexibility index (Phi) is 12.0. The van der Waals surface area contributed by atoms with Gasteiger partial charge in [0.1, 0.15) is 18.0 Å². The average molecular weight is 534 g/mol. The molecule has 2 rings (SSSR count). The van der Waals surface area contributed by atoms with E-state index in [1.165, 1.54) is 4.90 Å². The number of ether oxygens (including phenoxy) is 1. The molecule has 10 heteroatoms. The molecule has 2 aromatic rings. The summed E-state index contributed by atoms with van der Waals surface area (Å²) in [6.45, 7) is 12.3. The van der Waals surface area contributed by atoms with Crippen molar-refractivity contribution in [1.29, 1.82) is 5.26 Å². The second kappa shape index (κ2) is 15.2. The van der Waals surface area contributed by atoms with Gasteiger partial charge in [0, 0.05) is 31.2 Å². The number of nitriles is 1. The zero-order valence-corrected chi connectivity index (χ0v) is 23.7. The van der Waals surface area contributed by atoms with Crippen molar-refractivity contribution in [3.05, 3.63) is 41.6 Å². The van der Waals surface area contributed by atoms with Crippen molar-refractivity contribution >= 4 is 29.5 Å². The van der Waals surface area contributed by atoms with E-state index in [-0.39, 0.29) is 18.5 Å².